The number of benzene rings is 1. The van der Waals surface area contributed by atoms with E-state index >= 15 is 0 Å². The molecule has 4 rings (SSSR count). The van der Waals surface area contributed by atoms with Crippen molar-refractivity contribution in [1.29, 1.82) is 0 Å². The molecule has 2 aromatic heterocycles. The molecule has 0 bridgehead atoms. The van der Waals surface area contributed by atoms with Gasteiger partial charge in [-0.15, -0.1) is 12.4 Å². The first-order valence-corrected chi connectivity index (χ1v) is 12.1. The van der Waals surface area contributed by atoms with Gasteiger partial charge < -0.3 is 20.0 Å². The molecule has 0 spiro atoms. The second-order valence-electron chi connectivity index (χ2n) is 8.51. The van der Waals surface area contributed by atoms with E-state index < -0.39 is 0 Å². The summed E-state index contributed by atoms with van der Waals surface area (Å²) < 4.78 is 0.745. The molecule has 8 nitrogen and oxygen atoms in total. The van der Waals surface area contributed by atoms with Gasteiger partial charge in [-0.2, -0.15) is 5.10 Å². The van der Waals surface area contributed by atoms with Gasteiger partial charge in [0.1, 0.15) is 16.7 Å². The van der Waals surface area contributed by atoms with Gasteiger partial charge in [0.25, 0.3) is 0 Å². The standard InChI is InChI=1S/C22H30BrClN8.ClH/c1-14(2)30(4)6-5-25-17-11-16(24)12-18(15(17)3)31-7-9-32(10-8-31)22-19-20(23)28-29-21(19)26-13-27-22;/h11-14,25H,5-10H2,1-4H3,(H,26,27,28,29);1H. The van der Waals surface area contributed by atoms with Crippen molar-refractivity contribution < 1.29 is 0 Å². The second kappa shape index (κ2) is 11.1. The van der Waals surface area contributed by atoms with Crippen LogP contribution in [0.4, 0.5) is 17.2 Å². The van der Waals surface area contributed by atoms with Crippen molar-refractivity contribution in [3.8, 4) is 0 Å². The molecule has 1 aromatic carbocycles. The minimum absolute atomic E-state index is 0. The normalized spacial score (nSPS) is 14.3. The number of likely N-dealkylation sites (N-methyl/N-ethyl adjacent to an activating group) is 1. The van der Waals surface area contributed by atoms with E-state index in [2.05, 4.69) is 90.0 Å². The number of aromatic amines is 1. The Morgan fingerprint density at radius 3 is 2.58 bits per heavy atom. The minimum Gasteiger partial charge on any atom is -0.383 e. The lowest BCUT2D eigenvalue weighted by molar-refractivity contribution is 0.284. The van der Waals surface area contributed by atoms with Crippen molar-refractivity contribution in [2.45, 2.75) is 26.8 Å². The lowest BCUT2D eigenvalue weighted by atomic mass is 10.1. The molecule has 33 heavy (non-hydrogen) atoms. The highest BCUT2D eigenvalue weighted by atomic mass is 79.9. The Morgan fingerprint density at radius 2 is 1.88 bits per heavy atom. The van der Waals surface area contributed by atoms with Crippen molar-refractivity contribution in [3.63, 3.8) is 0 Å². The predicted molar refractivity (Wildman–Crippen MR) is 144 cm³/mol. The fourth-order valence-electron chi connectivity index (χ4n) is 4.01. The maximum Gasteiger partial charge on any atom is 0.161 e. The topological polar surface area (TPSA) is 76.2 Å². The van der Waals surface area contributed by atoms with Crippen molar-refractivity contribution in [3.05, 3.63) is 33.6 Å². The predicted octanol–water partition coefficient (Wildman–Crippen LogP) is 4.58. The van der Waals surface area contributed by atoms with E-state index in [1.54, 1.807) is 6.33 Å². The number of rotatable bonds is 7. The van der Waals surface area contributed by atoms with Crippen LogP contribution >= 0.6 is 39.9 Å². The molecule has 0 unspecified atom stereocenters. The van der Waals surface area contributed by atoms with Crippen LogP contribution in [0.3, 0.4) is 0 Å². The summed E-state index contributed by atoms with van der Waals surface area (Å²) in [6, 6.07) is 4.64. The second-order valence-corrected chi connectivity index (χ2v) is 9.70. The third-order valence-corrected chi connectivity index (χ3v) is 7.01. The number of nitrogens with zero attached hydrogens (tertiary/aromatic N) is 6. The van der Waals surface area contributed by atoms with Gasteiger partial charge in [0.15, 0.2) is 5.65 Å². The van der Waals surface area contributed by atoms with Crippen molar-refractivity contribution in [2.24, 2.45) is 0 Å². The summed E-state index contributed by atoms with van der Waals surface area (Å²) in [5.41, 5.74) is 4.27. The average molecular weight is 558 g/mol. The molecule has 3 heterocycles. The molecule has 1 fully saturated rings. The van der Waals surface area contributed by atoms with Crippen LogP contribution in [0.2, 0.25) is 5.02 Å². The van der Waals surface area contributed by atoms with Crippen LogP contribution in [0.1, 0.15) is 19.4 Å². The third kappa shape index (κ3) is 5.65. The molecule has 0 atom stereocenters. The van der Waals surface area contributed by atoms with Crippen LogP contribution in [-0.4, -0.2) is 77.4 Å². The summed E-state index contributed by atoms with van der Waals surface area (Å²) in [5, 5.41) is 12.4. The number of hydrogen-bond donors (Lipinski definition) is 2. The molecular weight excluding hydrogens is 527 g/mol. The van der Waals surface area contributed by atoms with Crippen LogP contribution in [0.25, 0.3) is 11.0 Å². The van der Waals surface area contributed by atoms with E-state index in [9.17, 15) is 0 Å². The highest BCUT2D eigenvalue weighted by Gasteiger charge is 2.23. The van der Waals surface area contributed by atoms with E-state index in [4.69, 9.17) is 11.6 Å². The van der Waals surface area contributed by atoms with Crippen LogP contribution in [-0.2, 0) is 0 Å². The molecule has 0 radical (unpaired) electrons. The lowest BCUT2D eigenvalue weighted by Crippen LogP contribution is -2.47. The van der Waals surface area contributed by atoms with Crippen molar-refractivity contribution in [1.82, 2.24) is 25.1 Å². The summed E-state index contributed by atoms with van der Waals surface area (Å²) in [4.78, 5) is 15.8. The number of hydrogen-bond acceptors (Lipinski definition) is 7. The zero-order valence-corrected chi connectivity index (χ0v) is 22.6. The van der Waals surface area contributed by atoms with Gasteiger partial charge in [0, 0.05) is 61.7 Å². The van der Waals surface area contributed by atoms with Crippen molar-refractivity contribution in [2.75, 3.05) is 61.4 Å². The molecule has 3 aromatic rings. The Hall–Kier alpha value is -1.81. The summed E-state index contributed by atoms with van der Waals surface area (Å²) in [7, 11) is 2.15. The SMILES string of the molecule is Cc1c(NCCN(C)C(C)C)cc(Cl)cc1N1CCN(c2ncnc3[nH]nc(Br)c23)CC1.Cl. The Balaban J connectivity index is 0.00000306. The molecule has 2 N–H and O–H groups in total. The first-order valence-electron chi connectivity index (χ1n) is 10.9. The molecule has 11 heteroatoms. The Labute approximate surface area is 214 Å². The van der Waals surface area contributed by atoms with E-state index in [1.165, 1.54) is 11.3 Å². The van der Waals surface area contributed by atoms with E-state index in [0.717, 1.165) is 71.4 Å². The largest absolute Gasteiger partial charge is 0.383 e. The number of piperazine rings is 1. The number of H-pyrrole nitrogens is 1. The maximum atomic E-state index is 6.51. The van der Waals surface area contributed by atoms with Gasteiger partial charge in [0.2, 0.25) is 0 Å². The molecule has 1 aliphatic heterocycles. The summed E-state index contributed by atoms with van der Waals surface area (Å²) in [6.45, 7) is 11.9. The number of fused-ring (bicyclic) bond motifs is 1. The third-order valence-electron chi connectivity index (χ3n) is 6.22. The van der Waals surface area contributed by atoms with Crippen LogP contribution in [0.15, 0.2) is 23.1 Å². The summed E-state index contributed by atoms with van der Waals surface area (Å²) in [6.07, 6.45) is 1.59. The van der Waals surface area contributed by atoms with Gasteiger partial charge in [-0.25, -0.2) is 9.97 Å². The van der Waals surface area contributed by atoms with Crippen LogP contribution in [0, 0.1) is 6.92 Å². The maximum absolute atomic E-state index is 6.51. The fraction of sp³-hybridized carbons (Fsp3) is 0.500. The number of aromatic nitrogens is 4. The first kappa shape index (κ1) is 25.8. The van der Waals surface area contributed by atoms with Crippen LogP contribution in [0.5, 0.6) is 0 Å². The van der Waals surface area contributed by atoms with Gasteiger partial charge >= 0.3 is 0 Å². The van der Waals surface area contributed by atoms with E-state index in [1.807, 2.05) is 6.07 Å². The van der Waals surface area contributed by atoms with Crippen LogP contribution < -0.4 is 15.1 Å². The molecule has 0 aliphatic carbocycles. The van der Waals surface area contributed by atoms with Gasteiger partial charge in [-0.1, -0.05) is 11.6 Å². The monoisotopic (exact) mass is 556 g/mol. The van der Waals surface area contributed by atoms with Gasteiger partial charge in [-0.3, -0.25) is 5.10 Å². The van der Waals surface area contributed by atoms with E-state index in [-0.39, 0.29) is 12.4 Å². The zero-order chi connectivity index (χ0) is 22.8. The highest BCUT2D eigenvalue weighted by Crippen LogP contribution is 2.33. The summed E-state index contributed by atoms with van der Waals surface area (Å²) >= 11 is 10.0. The van der Waals surface area contributed by atoms with Gasteiger partial charge in [-0.05, 0) is 61.4 Å². The summed E-state index contributed by atoms with van der Waals surface area (Å²) in [5.74, 6) is 0.912. The number of nitrogens with one attached hydrogen (secondary N) is 2. The average Bonchev–Trinajstić information content (AvgIpc) is 3.17. The minimum atomic E-state index is 0. The smallest absolute Gasteiger partial charge is 0.161 e. The van der Waals surface area contributed by atoms with E-state index in [0.29, 0.717) is 6.04 Å². The number of halogens is 3. The fourth-order valence-corrected chi connectivity index (χ4v) is 4.68. The zero-order valence-electron chi connectivity index (χ0n) is 19.4. The molecule has 1 aliphatic rings. The quantitative estimate of drug-likeness (QED) is 0.440. The molecule has 1 saturated heterocycles. The molecule has 0 amide bonds. The van der Waals surface area contributed by atoms with Gasteiger partial charge in [0.05, 0.1) is 5.39 Å². The molecule has 0 saturated carbocycles. The molecule has 180 valence electrons. The Morgan fingerprint density at radius 1 is 1.18 bits per heavy atom. The number of anilines is 3. The Kier molecular flexibility index (Phi) is 8.66. The lowest BCUT2D eigenvalue weighted by Gasteiger charge is -2.38. The Bertz CT molecular complexity index is 1080. The van der Waals surface area contributed by atoms with Crippen molar-refractivity contribution >= 4 is 68.2 Å². The first-order chi connectivity index (χ1) is 15.3. The highest BCUT2D eigenvalue weighted by molar-refractivity contribution is 9.10. The molecular formula is C22H31BrCl2N8.